The zero-order chi connectivity index (χ0) is 26.3. The molecule has 0 unspecified atom stereocenters. The first-order chi connectivity index (χ1) is 16.9. The quantitative estimate of drug-likeness (QED) is 0.160. The van der Waals surface area contributed by atoms with E-state index in [9.17, 15) is 4.79 Å². The third-order valence-electron chi connectivity index (χ3n) is 6.94. The summed E-state index contributed by atoms with van der Waals surface area (Å²) in [5.74, 6) is 0.984. The summed E-state index contributed by atoms with van der Waals surface area (Å²) in [5.41, 5.74) is 10.7. The third kappa shape index (κ3) is 5.44. The number of carbonyl (C=O) groups is 1. The van der Waals surface area contributed by atoms with E-state index in [0.29, 0.717) is 24.4 Å². The lowest BCUT2D eigenvalue weighted by atomic mass is 10.1. The smallest absolute Gasteiger partial charge is 0.308 e. The number of amidine groups is 1. The molecule has 3 heterocycles. The van der Waals surface area contributed by atoms with Gasteiger partial charge in [-0.05, 0) is 70.3 Å². The van der Waals surface area contributed by atoms with Gasteiger partial charge in [0.1, 0.15) is 18.2 Å². The number of benzene rings is 1. The second-order valence-electron chi connectivity index (χ2n) is 10.7. The van der Waals surface area contributed by atoms with Gasteiger partial charge in [-0.1, -0.05) is 27.7 Å². The van der Waals surface area contributed by atoms with Crippen molar-refractivity contribution < 1.29 is 14.0 Å². The number of hydrogen-bond donors (Lipinski definition) is 2. The molecule has 1 aliphatic rings. The molecule has 3 N–H and O–H groups in total. The number of hydrogen-bond acceptors (Lipinski definition) is 6. The number of aryl methyl sites for hydroxylation is 1. The van der Waals surface area contributed by atoms with E-state index in [4.69, 9.17) is 19.9 Å². The minimum Gasteiger partial charge on any atom is -0.543 e. The monoisotopic (exact) mass is 571 g/mol. The minimum atomic E-state index is -1.96. The number of aliphatic imine (C=N–C) groups is 1. The summed E-state index contributed by atoms with van der Waals surface area (Å²) in [6.07, 6.45) is 4.64. The van der Waals surface area contributed by atoms with Crippen LogP contribution in [0.15, 0.2) is 46.1 Å². The number of aromatic nitrogens is 2. The maximum Gasteiger partial charge on any atom is 0.308 e. The van der Waals surface area contributed by atoms with E-state index in [-0.39, 0.29) is 17.0 Å². The van der Waals surface area contributed by atoms with E-state index in [1.54, 1.807) is 10.7 Å². The van der Waals surface area contributed by atoms with Crippen LogP contribution < -0.4 is 15.5 Å². The van der Waals surface area contributed by atoms with E-state index >= 15 is 0 Å². The first-order valence-electron chi connectivity index (χ1n) is 12.1. The first-order valence-corrected chi connectivity index (χ1v) is 15.8. The van der Waals surface area contributed by atoms with Crippen LogP contribution in [0.5, 0.6) is 5.75 Å². The average molecular weight is 573 g/mol. The number of esters is 1. The Morgan fingerprint density at radius 2 is 2.11 bits per heavy atom. The molecule has 192 valence electrons. The Morgan fingerprint density at radius 1 is 1.36 bits per heavy atom. The van der Waals surface area contributed by atoms with Crippen molar-refractivity contribution in [2.45, 2.75) is 64.7 Å². The van der Waals surface area contributed by atoms with E-state index < -0.39 is 8.32 Å². The number of fused-ring (bicyclic) bond motifs is 1. The minimum absolute atomic E-state index is 0.110. The molecule has 0 radical (unpaired) electrons. The van der Waals surface area contributed by atoms with E-state index in [1.807, 2.05) is 24.4 Å². The van der Waals surface area contributed by atoms with Gasteiger partial charge < -0.3 is 20.2 Å². The molecule has 36 heavy (non-hydrogen) atoms. The van der Waals surface area contributed by atoms with Crippen LogP contribution in [0.25, 0.3) is 5.52 Å². The fourth-order valence-corrected chi connectivity index (χ4v) is 5.27. The fraction of sp³-hybridized carbons (Fsp3) is 0.423. The summed E-state index contributed by atoms with van der Waals surface area (Å²) < 4.78 is 14.3. The van der Waals surface area contributed by atoms with E-state index in [1.165, 1.54) is 0 Å². The zero-order valence-electron chi connectivity index (χ0n) is 21.7. The topological polar surface area (TPSA) is 103 Å². The maximum absolute atomic E-state index is 11.7. The van der Waals surface area contributed by atoms with Gasteiger partial charge in [0.25, 0.3) is 0 Å². The number of nitrogens with one attached hydrogen (secondary N) is 1. The lowest BCUT2D eigenvalue weighted by Gasteiger charge is -2.36. The second-order valence-corrected chi connectivity index (χ2v) is 16.3. The summed E-state index contributed by atoms with van der Waals surface area (Å²) in [6, 6.07) is 7.80. The molecule has 10 heteroatoms. The number of nitrogens with two attached hydrogens (primary N) is 1. The Labute approximate surface area is 221 Å². The van der Waals surface area contributed by atoms with Gasteiger partial charge in [-0.3, -0.25) is 4.79 Å². The van der Waals surface area contributed by atoms with Gasteiger partial charge >= 0.3 is 5.97 Å². The predicted molar refractivity (Wildman–Crippen MR) is 150 cm³/mol. The number of anilines is 1. The normalized spacial score (nSPS) is 16.9. The van der Waals surface area contributed by atoms with Gasteiger partial charge in [-0.15, -0.1) is 0 Å². The van der Waals surface area contributed by atoms with Gasteiger partial charge in [0.2, 0.25) is 8.32 Å². The zero-order valence-corrected chi connectivity index (χ0v) is 24.3. The molecule has 4 rings (SSSR count). The summed E-state index contributed by atoms with van der Waals surface area (Å²) in [7, 11) is -1.96. The number of carbonyl (C=O) groups excluding carboxylic acids is 1. The summed E-state index contributed by atoms with van der Waals surface area (Å²) in [5, 5.41) is 8.05. The summed E-state index contributed by atoms with van der Waals surface area (Å²) in [4.78, 5) is 16.5. The van der Waals surface area contributed by atoms with Crippen molar-refractivity contribution >= 4 is 52.9 Å². The van der Waals surface area contributed by atoms with Gasteiger partial charge in [-0.2, -0.15) is 5.10 Å². The van der Waals surface area contributed by atoms with Gasteiger partial charge in [0.15, 0.2) is 0 Å². The Morgan fingerprint density at radius 3 is 2.75 bits per heavy atom. The van der Waals surface area contributed by atoms with Crippen LogP contribution in [0.3, 0.4) is 0 Å². The molecule has 0 spiro atoms. The number of rotatable bonds is 7. The molecule has 0 amide bonds. The number of cyclic esters (lactones) is 1. The highest BCUT2D eigenvalue weighted by Gasteiger charge is 2.39. The Kier molecular flexibility index (Phi) is 7.20. The number of nitrogens with zero attached hydrogens (tertiary/aromatic N) is 3. The van der Waals surface area contributed by atoms with Crippen LogP contribution in [0.2, 0.25) is 18.1 Å². The van der Waals surface area contributed by atoms with Crippen LogP contribution in [0, 0.1) is 0 Å². The van der Waals surface area contributed by atoms with Gasteiger partial charge in [0.05, 0.1) is 41.1 Å². The van der Waals surface area contributed by atoms with E-state index in [0.717, 1.165) is 39.1 Å². The summed E-state index contributed by atoms with van der Waals surface area (Å²) >= 11 is 3.52. The van der Waals surface area contributed by atoms with Crippen molar-refractivity contribution in [3.05, 3.63) is 52.3 Å². The lowest BCUT2D eigenvalue weighted by Crippen LogP contribution is -2.43. The number of halogens is 1. The van der Waals surface area contributed by atoms with Gasteiger partial charge in [0, 0.05) is 10.7 Å². The SMILES string of the molecule is CCc1cc(O[Si](C)(C)C(C)(C)C)ccc1N=C(N)c1cnn2cc(Br)cc2c1N[C@@H]1COC(=O)C1. The molecule has 2 aromatic heterocycles. The third-order valence-corrected chi connectivity index (χ3v) is 11.7. The van der Waals surface area contributed by atoms with Crippen molar-refractivity contribution in [2.24, 2.45) is 10.7 Å². The highest BCUT2D eigenvalue weighted by atomic mass is 79.9. The molecule has 0 aliphatic carbocycles. The second kappa shape index (κ2) is 9.89. The van der Waals surface area contributed by atoms with Crippen LogP contribution >= 0.6 is 15.9 Å². The maximum atomic E-state index is 11.7. The van der Waals surface area contributed by atoms with Crippen molar-refractivity contribution in [3.8, 4) is 5.75 Å². The predicted octanol–water partition coefficient (Wildman–Crippen LogP) is 5.81. The molecule has 1 aromatic carbocycles. The Hall–Kier alpha value is -2.85. The standard InChI is InChI=1S/C26H34BrN5O3Si/c1-7-16-10-19(35-36(5,6)26(2,3)4)8-9-21(16)31-25(28)20-13-29-32-14-17(27)11-22(32)24(20)30-18-12-23(33)34-15-18/h8-11,13-14,18,30H,7,12,15H2,1-6H3,(H2,28,31)/t18-/m0/s1. The highest BCUT2D eigenvalue weighted by Crippen LogP contribution is 2.38. The fourth-order valence-electron chi connectivity index (χ4n) is 3.84. The molecular formula is C26H34BrN5O3Si. The van der Waals surface area contributed by atoms with Crippen LogP contribution in [-0.4, -0.2) is 42.4 Å². The Bertz CT molecular complexity index is 1330. The van der Waals surface area contributed by atoms with Crippen LogP contribution in [0.4, 0.5) is 11.4 Å². The molecule has 1 saturated heterocycles. The van der Waals surface area contributed by atoms with Crippen molar-refractivity contribution in [1.82, 2.24) is 9.61 Å². The molecule has 8 nitrogen and oxygen atoms in total. The van der Waals surface area contributed by atoms with Crippen molar-refractivity contribution in [2.75, 3.05) is 11.9 Å². The number of ether oxygens (including phenoxy) is 1. The molecule has 1 fully saturated rings. The first kappa shape index (κ1) is 26.2. The van der Waals surface area contributed by atoms with Crippen LogP contribution in [-0.2, 0) is 16.0 Å². The van der Waals surface area contributed by atoms with Crippen molar-refractivity contribution in [1.29, 1.82) is 0 Å². The Balaban J connectivity index is 1.70. The van der Waals surface area contributed by atoms with Gasteiger partial charge in [-0.25, -0.2) is 9.51 Å². The molecule has 1 atom stereocenters. The largest absolute Gasteiger partial charge is 0.543 e. The van der Waals surface area contributed by atoms with Crippen LogP contribution in [0.1, 0.15) is 45.2 Å². The molecular weight excluding hydrogens is 538 g/mol. The molecule has 3 aromatic rings. The summed E-state index contributed by atoms with van der Waals surface area (Å²) in [6.45, 7) is 13.6. The molecule has 0 bridgehead atoms. The van der Waals surface area contributed by atoms with E-state index in [2.05, 4.69) is 73.2 Å². The molecule has 0 saturated carbocycles. The molecule has 1 aliphatic heterocycles. The average Bonchev–Trinajstić information content (AvgIpc) is 3.38. The highest BCUT2D eigenvalue weighted by molar-refractivity contribution is 9.10. The van der Waals surface area contributed by atoms with Crippen molar-refractivity contribution in [3.63, 3.8) is 0 Å². The lowest BCUT2D eigenvalue weighted by molar-refractivity contribution is -0.137.